The zero-order valence-electron chi connectivity index (χ0n) is 26.2. The van der Waals surface area contributed by atoms with Gasteiger partial charge in [0, 0.05) is 17.8 Å². The standard InChI is InChI=1S/C37H30N4O7S/c1-3-5-16-26(4-2)40-36(45)30(22-28-18-20-32(48-28)29-21-27(41(46)47)17-19-31(29)42)35(44)39-37(40)49-23-33(43)38-34(24-12-8-6-9-13-24)25-14-10-7-11-15-25/h3-22,34,42H,1,23H2,2H3,(H,38,43)/b16-5-,26-4+,30-22+. The quantitative estimate of drug-likeness (QED) is 0.0569. The number of non-ortho nitro benzene ring substituents is 1. The topological polar surface area (TPSA) is 155 Å². The van der Waals surface area contributed by atoms with E-state index in [4.69, 9.17) is 4.42 Å². The molecule has 3 amide bonds. The minimum atomic E-state index is -0.852. The second-order valence-corrected chi connectivity index (χ2v) is 11.4. The number of rotatable bonds is 11. The van der Waals surface area contributed by atoms with Crippen molar-refractivity contribution in [1.29, 1.82) is 0 Å². The highest BCUT2D eigenvalue weighted by molar-refractivity contribution is 8.14. The van der Waals surface area contributed by atoms with Gasteiger partial charge in [0.15, 0.2) is 5.17 Å². The Bertz CT molecular complexity index is 1990. The van der Waals surface area contributed by atoms with E-state index in [2.05, 4.69) is 16.9 Å². The number of hydrogen-bond donors (Lipinski definition) is 2. The maximum Gasteiger partial charge on any atom is 0.285 e. The van der Waals surface area contributed by atoms with E-state index in [-0.39, 0.29) is 50.9 Å². The first-order valence-electron chi connectivity index (χ1n) is 14.9. The highest BCUT2D eigenvalue weighted by Gasteiger charge is 2.35. The number of amidine groups is 1. The lowest BCUT2D eigenvalue weighted by Crippen LogP contribution is -2.42. The van der Waals surface area contributed by atoms with E-state index >= 15 is 0 Å². The second-order valence-electron chi connectivity index (χ2n) is 10.5. The highest BCUT2D eigenvalue weighted by Crippen LogP contribution is 2.35. The molecular weight excluding hydrogens is 644 g/mol. The normalized spacial score (nSPS) is 14.4. The van der Waals surface area contributed by atoms with Crippen molar-refractivity contribution in [3.63, 3.8) is 0 Å². The molecule has 49 heavy (non-hydrogen) atoms. The molecule has 0 atom stereocenters. The number of phenolic OH excluding ortho intramolecular Hbond substituents is 1. The molecule has 12 heteroatoms. The van der Waals surface area contributed by atoms with E-state index in [0.717, 1.165) is 35.0 Å². The van der Waals surface area contributed by atoms with Crippen LogP contribution in [0.25, 0.3) is 17.4 Å². The van der Waals surface area contributed by atoms with Crippen LogP contribution >= 0.6 is 11.8 Å². The number of furan rings is 1. The molecule has 5 rings (SSSR count). The van der Waals surface area contributed by atoms with E-state index in [1.165, 1.54) is 35.3 Å². The lowest BCUT2D eigenvalue weighted by Gasteiger charge is -2.28. The Morgan fingerprint density at radius 2 is 1.73 bits per heavy atom. The first-order chi connectivity index (χ1) is 23.7. The van der Waals surface area contributed by atoms with Gasteiger partial charge in [-0.1, -0.05) is 97.2 Å². The monoisotopic (exact) mass is 674 g/mol. The number of nitrogens with zero attached hydrogens (tertiary/aromatic N) is 3. The van der Waals surface area contributed by atoms with Gasteiger partial charge in [-0.15, -0.1) is 0 Å². The van der Waals surface area contributed by atoms with Crippen molar-refractivity contribution in [2.45, 2.75) is 13.0 Å². The van der Waals surface area contributed by atoms with Crippen molar-refractivity contribution in [1.82, 2.24) is 10.2 Å². The van der Waals surface area contributed by atoms with Crippen molar-refractivity contribution in [2.24, 2.45) is 4.99 Å². The van der Waals surface area contributed by atoms with Gasteiger partial charge in [-0.25, -0.2) is 0 Å². The summed E-state index contributed by atoms with van der Waals surface area (Å²) in [5.41, 5.74) is 1.63. The Labute approximate surface area is 285 Å². The summed E-state index contributed by atoms with van der Waals surface area (Å²) in [7, 11) is 0. The summed E-state index contributed by atoms with van der Waals surface area (Å²) in [4.78, 5) is 56.6. The fourth-order valence-electron chi connectivity index (χ4n) is 4.95. The average Bonchev–Trinajstić information content (AvgIpc) is 3.58. The van der Waals surface area contributed by atoms with Crippen molar-refractivity contribution >= 4 is 46.4 Å². The van der Waals surface area contributed by atoms with Crippen LogP contribution in [-0.4, -0.2) is 43.6 Å². The number of aromatic hydroxyl groups is 1. The van der Waals surface area contributed by atoms with Gasteiger partial charge in [0.1, 0.15) is 22.8 Å². The zero-order valence-corrected chi connectivity index (χ0v) is 27.0. The molecule has 4 aromatic rings. The Morgan fingerprint density at radius 3 is 2.35 bits per heavy atom. The molecule has 2 N–H and O–H groups in total. The molecule has 0 spiro atoms. The molecule has 2 heterocycles. The first-order valence-corrected chi connectivity index (χ1v) is 15.9. The third-order valence-corrected chi connectivity index (χ3v) is 8.22. The third-order valence-electron chi connectivity index (χ3n) is 7.28. The van der Waals surface area contributed by atoms with Crippen LogP contribution in [0.3, 0.4) is 0 Å². The van der Waals surface area contributed by atoms with Crippen LogP contribution in [0.4, 0.5) is 5.69 Å². The summed E-state index contributed by atoms with van der Waals surface area (Å²) in [5.74, 6) is -2.17. The number of thioether (sulfide) groups is 1. The van der Waals surface area contributed by atoms with E-state index in [1.54, 1.807) is 25.2 Å². The van der Waals surface area contributed by atoms with Crippen molar-refractivity contribution < 1.29 is 28.8 Å². The van der Waals surface area contributed by atoms with Gasteiger partial charge in [0.05, 0.1) is 22.3 Å². The Balaban J connectivity index is 1.42. The van der Waals surface area contributed by atoms with E-state index < -0.39 is 22.8 Å². The van der Waals surface area contributed by atoms with Crippen molar-refractivity contribution in [3.8, 4) is 17.1 Å². The van der Waals surface area contributed by atoms with Crippen molar-refractivity contribution in [3.05, 3.63) is 160 Å². The molecular formula is C37H30N4O7S. The summed E-state index contributed by atoms with van der Waals surface area (Å²) in [6, 6.07) is 25.0. The number of carbonyl (C=O) groups excluding carboxylic acids is 3. The van der Waals surface area contributed by atoms with E-state index in [1.807, 2.05) is 60.7 Å². The number of nitro groups is 1. The number of phenols is 1. The molecule has 0 saturated heterocycles. The number of carbonyl (C=O) groups is 3. The second kappa shape index (κ2) is 15.5. The lowest BCUT2D eigenvalue weighted by molar-refractivity contribution is -0.384. The zero-order chi connectivity index (χ0) is 34.9. The van der Waals surface area contributed by atoms with E-state index in [0.29, 0.717) is 5.70 Å². The van der Waals surface area contributed by atoms with Gasteiger partial charge in [0.25, 0.3) is 17.5 Å². The van der Waals surface area contributed by atoms with Crippen LogP contribution in [0.2, 0.25) is 0 Å². The molecule has 1 aromatic heterocycles. The number of nitro benzene ring substituents is 1. The largest absolute Gasteiger partial charge is 0.507 e. The molecule has 0 fully saturated rings. The predicted octanol–water partition coefficient (Wildman–Crippen LogP) is 6.95. The molecule has 0 unspecified atom stereocenters. The fourth-order valence-corrected chi connectivity index (χ4v) is 5.75. The van der Waals surface area contributed by atoms with Crippen LogP contribution in [0.1, 0.15) is 29.9 Å². The molecule has 1 aliphatic heterocycles. The summed E-state index contributed by atoms with van der Waals surface area (Å²) >= 11 is 0.934. The highest BCUT2D eigenvalue weighted by atomic mass is 32.2. The Kier molecular flexibility index (Phi) is 10.8. The summed E-state index contributed by atoms with van der Waals surface area (Å²) < 4.78 is 5.76. The van der Waals surface area contributed by atoms with Crippen LogP contribution in [0.15, 0.2) is 143 Å². The van der Waals surface area contributed by atoms with Gasteiger partial charge in [-0.2, -0.15) is 4.99 Å². The number of hydrogen-bond acceptors (Lipinski definition) is 8. The van der Waals surface area contributed by atoms with Crippen LogP contribution in [-0.2, 0) is 14.4 Å². The molecule has 0 radical (unpaired) electrons. The van der Waals surface area contributed by atoms with Gasteiger partial charge >= 0.3 is 0 Å². The summed E-state index contributed by atoms with van der Waals surface area (Å²) in [6.07, 6.45) is 7.62. The maximum absolute atomic E-state index is 13.9. The number of aliphatic imine (C=N–C) groups is 1. The van der Waals surface area contributed by atoms with Gasteiger partial charge in [-0.05, 0) is 48.4 Å². The molecule has 3 aromatic carbocycles. The smallest absolute Gasteiger partial charge is 0.285 e. The summed E-state index contributed by atoms with van der Waals surface area (Å²) in [6.45, 7) is 5.39. The molecule has 1 aliphatic rings. The number of benzene rings is 3. The molecule has 246 valence electrons. The minimum Gasteiger partial charge on any atom is -0.507 e. The third kappa shape index (κ3) is 8.00. The lowest BCUT2D eigenvalue weighted by atomic mass is 9.99. The minimum absolute atomic E-state index is 0.00161. The molecule has 0 saturated carbocycles. The van der Waals surface area contributed by atoms with E-state index in [9.17, 15) is 29.6 Å². The number of nitrogens with one attached hydrogen (secondary N) is 1. The van der Waals surface area contributed by atoms with Gasteiger partial charge in [-0.3, -0.25) is 29.4 Å². The maximum atomic E-state index is 13.9. The summed E-state index contributed by atoms with van der Waals surface area (Å²) in [5, 5.41) is 24.6. The van der Waals surface area contributed by atoms with Crippen molar-refractivity contribution in [2.75, 3.05) is 5.75 Å². The molecule has 11 nitrogen and oxygen atoms in total. The first kappa shape index (κ1) is 34.1. The molecule has 0 aliphatic carbocycles. The number of amides is 3. The predicted molar refractivity (Wildman–Crippen MR) is 188 cm³/mol. The average molecular weight is 675 g/mol. The number of allylic oxidation sites excluding steroid dienone is 4. The van der Waals surface area contributed by atoms with Gasteiger partial charge in [0.2, 0.25) is 5.91 Å². The fraction of sp³-hybridized carbons (Fsp3) is 0.0811. The Hall–Kier alpha value is -6.27. The molecule has 0 bridgehead atoms. The van der Waals surface area contributed by atoms with Crippen LogP contribution in [0.5, 0.6) is 5.75 Å². The van der Waals surface area contributed by atoms with Gasteiger partial charge < -0.3 is 14.8 Å². The van der Waals surface area contributed by atoms with Crippen LogP contribution in [0, 0.1) is 10.1 Å². The van der Waals surface area contributed by atoms with Crippen LogP contribution < -0.4 is 5.32 Å². The SMILES string of the molecule is C=C/C=C\C(=C/C)N1C(=O)/C(=C/c2ccc(-c3cc([N+](=O)[O-])ccc3O)o2)C(=O)N=C1SCC(=O)NC(c1ccccc1)c1ccccc1. The Morgan fingerprint density at radius 1 is 1.06 bits per heavy atom.